The summed E-state index contributed by atoms with van der Waals surface area (Å²) < 4.78 is 12.2. The van der Waals surface area contributed by atoms with Crippen molar-refractivity contribution in [3.05, 3.63) is 34.9 Å². The molecule has 46 heavy (non-hydrogen) atoms. The zero-order valence-corrected chi connectivity index (χ0v) is 28.0. The fourth-order valence-electron chi connectivity index (χ4n) is 7.57. The normalized spacial score (nSPS) is 22.3. The van der Waals surface area contributed by atoms with Crippen molar-refractivity contribution in [1.82, 2.24) is 0 Å². The van der Waals surface area contributed by atoms with Gasteiger partial charge >= 0.3 is 0 Å². The highest BCUT2D eigenvalue weighted by Gasteiger charge is 2.33. The molecule has 8 heteroatoms. The number of methoxy groups -OCH3 is 1. The number of carbonyl (C=O) groups excluding carboxylic acids is 2. The van der Waals surface area contributed by atoms with Crippen molar-refractivity contribution in [3.8, 4) is 23.3 Å². The molecule has 4 rings (SSSR count). The SMILES string of the molecule is COCC1CCC(N=C(N)N)CC#Cc2c(CCC(=O)C=CCCC3CCCC3)cc(OC3CCCC3)c(O)c2C1CCC(C)=O. The van der Waals surface area contributed by atoms with Crippen LogP contribution in [0.5, 0.6) is 11.5 Å². The summed E-state index contributed by atoms with van der Waals surface area (Å²) in [6, 6.07) is 1.72. The Morgan fingerprint density at radius 3 is 2.48 bits per heavy atom. The van der Waals surface area contributed by atoms with E-state index in [2.05, 4.69) is 16.8 Å². The van der Waals surface area contributed by atoms with Gasteiger partial charge in [-0.2, -0.15) is 0 Å². The van der Waals surface area contributed by atoms with E-state index in [0.717, 1.165) is 56.4 Å². The molecular formula is C38H55N3O5. The highest BCUT2D eigenvalue weighted by Crippen LogP contribution is 2.46. The minimum Gasteiger partial charge on any atom is -0.504 e. The number of carbonyl (C=O) groups is 2. The summed E-state index contributed by atoms with van der Waals surface area (Å²) in [6.45, 7) is 2.04. The molecule has 2 saturated carbocycles. The van der Waals surface area contributed by atoms with Crippen LogP contribution in [0.2, 0.25) is 0 Å². The molecule has 0 saturated heterocycles. The smallest absolute Gasteiger partial charge is 0.186 e. The van der Waals surface area contributed by atoms with Crippen LogP contribution in [0.3, 0.4) is 0 Å². The number of phenolic OH excluding ortho intramolecular Hbond substituents is 1. The highest BCUT2D eigenvalue weighted by atomic mass is 16.5. The van der Waals surface area contributed by atoms with Gasteiger partial charge in [-0.15, -0.1) is 0 Å². The van der Waals surface area contributed by atoms with Gasteiger partial charge in [-0.05, 0) is 107 Å². The molecule has 3 aliphatic carbocycles. The van der Waals surface area contributed by atoms with Crippen LogP contribution < -0.4 is 16.2 Å². The number of aryl methyl sites for hydroxylation is 1. The van der Waals surface area contributed by atoms with Gasteiger partial charge in [0.2, 0.25) is 0 Å². The van der Waals surface area contributed by atoms with Crippen molar-refractivity contribution >= 4 is 17.5 Å². The Balaban J connectivity index is 1.73. The van der Waals surface area contributed by atoms with Crippen LogP contribution in [0.4, 0.5) is 0 Å². The Kier molecular flexibility index (Phi) is 14.0. The molecule has 2 fully saturated rings. The number of fused-ring (bicyclic) bond motifs is 1. The number of ketones is 2. The average Bonchev–Trinajstić information content (AvgIpc) is 3.73. The molecule has 3 atom stereocenters. The zero-order chi connectivity index (χ0) is 32.9. The predicted molar refractivity (Wildman–Crippen MR) is 183 cm³/mol. The summed E-state index contributed by atoms with van der Waals surface area (Å²) in [7, 11) is 1.67. The number of ether oxygens (including phenoxy) is 2. The third kappa shape index (κ3) is 10.6. The molecule has 0 spiro atoms. The van der Waals surface area contributed by atoms with Crippen LogP contribution in [-0.4, -0.2) is 48.5 Å². The number of guanidine groups is 1. The third-order valence-electron chi connectivity index (χ3n) is 10.0. The van der Waals surface area contributed by atoms with Gasteiger partial charge in [0, 0.05) is 44.1 Å². The van der Waals surface area contributed by atoms with Gasteiger partial charge in [0.15, 0.2) is 23.2 Å². The Bertz CT molecular complexity index is 1290. The highest BCUT2D eigenvalue weighted by molar-refractivity contribution is 5.89. The summed E-state index contributed by atoms with van der Waals surface area (Å²) in [5, 5.41) is 12.0. The number of rotatable bonds is 15. The summed E-state index contributed by atoms with van der Waals surface area (Å²) in [4.78, 5) is 29.8. The molecule has 1 aromatic rings. The molecule has 1 aromatic carbocycles. The zero-order valence-electron chi connectivity index (χ0n) is 28.0. The Morgan fingerprint density at radius 1 is 1.04 bits per heavy atom. The van der Waals surface area contributed by atoms with Crippen LogP contribution in [0.15, 0.2) is 23.2 Å². The summed E-state index contributed by atoms with van der Waals surface area (Å²) in [6.07, 6.45) is 18.8. The predicted octanol–water partition coefficient (Wildman–Crippen LogP) is 6.63. The maximum absolute atomic E-state index is 13.1. The molecule has 0 radical (unpaired) electrons. The molecule has 5 N–H and O–H groups in total. The summed E-state index contributed by atoms with van der Waals surface area (Å²) in [5.41, 5.74) is 13.8. The first-order valence-corrected chi connectivity index (χ1v) is 17.6. The van der Waals surface area contributed by atoms with Crippen molar-refractivity contribution in [2.45, 2.75) is 134 Å². The number of hydrogen-bond acceptors (Lipinski definition) is 6. The standard InChI is InChI=1S/C38H55N3O5/c1-26(42)18-23-34-29(25-45-2)19-21-30(41-38(39)40)13-9-17-33-28(20-22-31(43)14-6-5-12-27-10-3-4-11-27)24-35(37(44)36(33)34)46-32-15-7-8-16-32/h6,14,24,27,29-30,32,34,44H,3-5,7-8,10-13,15-16,18-23,25H2,1-2H3,(H4,39,40,41). The number of hydrogen-bond donors (Lipinski definition) is 3. The van der Waals surface area contributed by atoms with E-state index in [1.165, 1.54) is 25.7 Å². The first-order chi connectivity index (χ1) is 22.2. The number of Topliss-reactive ketones (excluding diaryl/α,β-unsaturated/α-hetero) is 1. The van der Waals surface area contributed by atoms with E-state index in [1.54, 1.807) is 20.1 Å². The van der Waals surface area contributed by atoms with Crippen molar-refractivity contribution in [2.75, 3.05) is 13.7 Å². The van der Waals surface area contributed by atoms with Crippen LogP contribution in [-0.2, 0) is 20.7 Å². The molecule has 8 nitrogen and oxygen atoms in total. The molecule has 3 aliphatic rings. The number of aromatic hydroxyl groups is 1. The van der Waals surface area contributed by atoms with E-state index in [9.17, 15) is 14.7 Å². The average molecular weight is 634 g/mol. The molecule has 0 heterocycles. The van der Waals surface area contributed by atoms with Gasteiger partial charge in [-0.3, -0.25) is 4.79 Å². The lowest BCUT2D eigenvalue weighted by molar-refractivity contribution is -0.117. The van der Waals surface area contributed by atoms with Gasteiger partial charge in [-0.25, -0.2) is 4.99 Å². The van der Waals surface area contributed by atoms with E-state index in [0.29, 0.717) is 62.0 Å². The molecule has 0 aromatic heterocycles. The van der Waals surface area contributed by atoms with E-state index < -0.39 is 0 Å². The molecule has 252 valence electrons. The Hall–Kier alpha value is -3.31. The fourth-order valence-corrected chi connectivity index (χ4v) is 7.57. The van der Waals surface area contributed by atoms with Gasteiger partial charge < -0.3 is 30.8 Å². The Labute approximate surface area is 275 Å². The topological polar surface area (TPSA) is 137 Å². The van der Waals surface area contributed by atoms with Crippen molar-refractivity contribution in [1.29, 1.82) is 0 Å². The van der Waals surface area contributed by atoms with Crippen molar-refractivity contribution in [2.24, 2.45) is 28.3 Å². The van der Waals surface area contributed by atoms with Crippen LogP contribution in [0.25, 0.3) is 0 Å². The monoisotopic (exact) mass is 633 g/mol. The third-order valence-corrected chi connectivity index (χ3v) is 10.0. The van der Waals surface area contributed by atoms with Crippen LogP contribution in [0, 0.1) is 23.7 Å². The molecule has 3 unspecified atom stereocenters. The fraction of sp³-hybridized carbons (Fsp3) is 0.658. The second-order valence-electron chi connectivity index (χ2n) is 13.6. The maximum Gasteiger partial charge on any atom is 0.186 e. The molecular weight excluding hydrogens is 578 g/mol. The van der Waals surface area contributed by atoms with Crippen molar-refractivity contribution in [3.63, 3.8) is 0 Å². The molecule has 0 bridgehead atoms. The van der Waals surface area contributed by atoms with E-state index in [1.807, 2.05) is 12.1 Å². The maximum atomic E-state index is 13.1. The minimum absolute atomic E-state index is 0.0235. The summed E-state index contributed by atoms with van der Waals surface area (Å²) in [5.74, 6) is 7.97. The van der Waals surface area contributed by atoms with Crippen LogP contribution in [0.1, 0.15) is 132 Å². The van der Waals surface area contributed by atoms with Gasteiger partial charge in [0.05, 0.1) is 12.1 Å². The van der Waals surface area contributed by atoms with E-state index >= 15 is 0 Å². The quantitative estimate of drug-likeness (QED) is 0.0853. The minimum atomic E-state index is -0.219. The Morgan fingerprint density at radius 2 is 1.78 bits per heavy atom. The molecule has 0 amide bonds. The van der Waals surface area contributed by atoms with E-state index in [4.69, 9.17) is 20.9 Å². The van der Waals surface area contributed by atoms with Crippen LogP contribution >= 0.6 is 0 Å². The number of nitrogens with two attached hydrogens (primary N) is 2. The lowest BCUT2D eigenvalue weighted by Gasteiger charge is -2.31. The lowest BCUT2D eigenvalue weighted by atomic mass is 9.75. The largest absolute Gasteiger partial charge is 0.504 e. The summed E-state index contributed by atoms with van der Waals surface area (Å²) >= 11 is 0. The lowest BCUT2D eigenvalue weighted by Crippen LogP contribution is -2.27. The first-order valence-electron chi connectivity index (χ1n) is 17.6. The van der Waals surface area contributed by atoms with E-state index in [-0.39, 0.29) is 47.3 Å². The second-order valence-corrected chi connectivity index (χ2v) is 13.6. The van der Waals surface area contributed by atoms with Gasteiger partial charge in [-0.1, -0.05) is 43.6 Å². The number of aliphatic imine (C=N–C) groups is 1. The van der Waals surface area contributed by atoms with Gasteiger partial charge in [0.1, 0.15) is 5.78 Å². The number of benzene rings is 1. The number of nitrogens with zero attached hydrogens (tertiary/aromatic N) is 1. The van der Waals surface area contributed by atoms with Crippen molar-refractivity contribution < 1.29 is 24.2 Å². The second kappa shape index (κ2) is 18.1. The van der Waals surface area contributed by atoms with Gasteiger partial charge in [0.25, 0.3) is 0 Å². The first kappa shape index (κ1) is 35.5. The number of phenols is 1. The number of allylic oxidation sites excluding steroid dienone is 2. The molecule has 0 aliphatic heterocycles.